The first-order valence-electron chi connectivity index (χ1n) is 7.21. The lowest BCUT2D eigenvalue weighted by molar-refractivity contribution is 0.425. The summed E-state index contributed by atoms with van der Waals surface area (Å²) in [7, 11) is 2.08. The highest BCUT2D eigenvalue weighted by molar-refractivity contribution is 7.15. The lowest BCUT2D eigenvalue weighted by atomic mass is 10.1. The minimum Gasteiger partial charge on any atom is -0.345 e. The summed E-state index contributed by atoms with van der Waals surface area (Å²) in [5.74, 6) is 0. The average Bonchev–Trinajstić information content (AvgIpc) is 3.03. The fraction of sp³-hybridized carbons (Fsp3) is 0.600. The molecule has 0 spiro atoms. The summed E-state index contributed by atoms with van der Waals surface area (Å²) in [5.41, 5.74) is 4.31. The normalized spacial score (nSPS) is 11.9. The number of anilines is 1. The van der Waals surface area contributed by atoms with E-state index in [2.05, 4.69) is 55.3 Å². The van der Waals surface area contributed by atoms with Gasteiger partial charge in [-0.2, -0.15) is 0 Å². The highest BCUT2D eigenvalue weighted by Gasteiger charge is 2.16. The van der Waals surface area contributed by atoms with Gasteiger partial charge >= 0.3 is 0 Å². The van der Waals surface area contributed by atoms with E-state index in [4.69, 9.17) is 4.98 Å². The third kappa shape index (κ3) is 4.76. The van der Waals surface area contributed by atoms with Crippen molar-refractivity contribution in [3.05, 3.63) is 27.2 Å². The van der Waals surface area contributed by atoms with E-state index in [1.54, 1.807) is 22.7 Å². The Labute approximate surface area is 135 Å². The van der Waals surface area contributed by atoms with Crippen molar-refractivity contribution >= 4 is 27.8 Å². The molecule has 1 N–H and O–H groups in total. The topological polar surface area (TPSA) is 41.1 Å². The lowest BCUT2D eigenvalue weighted by Gasteiger charge is -2.20. The maximum Gasteiger partial charge on any atom is 0.185 e. The molecule has 0 aromatic carbocycles. The van der Waals surface area contributed by atoms with E-state index in [9.17, 15) is 0 Å². The summed E-state index contributed by atoms with van der Waals surface area (Å²) >= 11 is 3.42. The number of thiazole rings is 2. The summed E-state index contributed by atoms with van der Waals surface area (Å²) in [4.78, 5) is 12.7. The zero-order valence-corrected chi connectivity index (χ0v) is 15.1. The molecule has 2 rings (SSSR count). The minimum atomic E-state index is 0.127. The van der Waals surface area contributed by atoms with Crippen LogP contribution in [0.4, 0.5) is 5.13 Å². The number of nitrogens with one attached hydrogen (secondary N) is 1. The second kappa shape index (κ2) is 6.85. The van der Waals surface area contributed by atoms with Gasteiger partial charge in [-0.25, -0.2) is 9.97 Å². The van der Waals surface area contributed by atoms with Crippen LogP contribution in [0.5, 0.6) is 0 Å². The highest BCUT2D eigenvalue weighted by Crippen LogP contribution is 2.27. The minimum absolute atomic E-state index is 0.127. The van der Waals surface area contributed by atoms with Crippen molar-refractivity contribution in [2.24, 2.45) is 0 Å². The molecule has 0 aliphatic heterocycles. The van der Waals surface area contributed by atoms with Crippen molar-refractivity contribution in [3.63, 3.8) is 0 Å². The average molecular weight is 325 g/mol. The van der Waals surface area contributed by atoms with Gasteiger partial charge in [0.1, 0.15) is 0 Å². The van der Waals surface area contributed by atoms with Gasteiger partial charge in [0.25, 0.3) is 0 Å². The first kappa shape index (κ1) is 16.4. The molecule has 0 atom stereocenters. The van der Waals surface area contributed by atoms with Gasteiger partial charge in [0.05, 0.1) is 23.4 Å². The molecule has 0 aliphatic carbocycles. The van der Waals surface area contributed by atoms with E-state index in [0.29, 0.717) is 0 Å². The first-order valence-corrected chi connectivity index (χ1v) is 8.97. The second-order valence-corrected chi connectivity index (χ2v) is 7.94. The molecule has 0 saturated carbocycles. The standard InChI is InChI=1S/C15H24N4S2/c1-6-12-13(7-17-15(2,3)4)21-14(18-12)19(5)8-11-9-20-10-16-11/h9-10,17H,6-8H2,1-5H3. The monoisotopic (exact) mass is 324 g/mol. The van der Waals surface area contributed by atoms with E-state index >= 15 is 0 Å². The van der Waals surface area contributed by atoms with E-state index in [0.717, 1.165) is 30.3 Å². The van der Waals surface area contributed by atoms with Crippen LogP contribution in [-0.2, 0) is 19.5 Å². The zero-order valence-electron chi connectivity index (χ0n) is 13.4. The predicted octanol–water partition coefficient (Wildman–Crippen LogP) is 3.69. The van der Waals surface area contributed by atoms with Crippen molar-refractivity contribution in [3.8, 4) is 0 Å². The van der Waals surface area contributed by atoms with Crippen molar-refractivity contribution < 1.29 is 0 Å². The van der Waals surface area contributed by atoms with Gasteiger partial charge < -0.3 is 10.2 Å². The van der Waals surface area contributed by atoms with Gasteiger partial charge in [-0.05, 0) is 27.2 Å². The van der Waals surface area contributed by atoms with Gasteiger partial charge in [-0.15, -0.1) is 22.7 Å². The molecule has 0 saturated heterocycles. The molecule has 21 heavy (non-hydrogen) atoms. The van der Waals surface area contributed by atoms with Gasteiger partial charge in [0.2, 0.25) is 0 Å². The van der Waals surface area contributed by atoms with Crippen molar-refractivity contribution in [1.29, 1.82) is 0 Å². The Balaban J connectivity index is 2.08. The Kier molecular flexibility index (Phi) is 5.35. The van der Waals surface area contributed by atoms with Crippen molar-refractivity contribution in [2.75, 3.05) is 11.9 Å². The molecule has 2 aromatic heterocycles. The van der Waals surface area contributed by atoms with Crippen LogP contribution in [0.1, 0.15) is 44.0 Å². The fourth-order valence-electron chi connectivity index (χ4n) is 1.92. The molecule has 4 nitrogen and oxygen atoms in total. The fourth-order valence-corrected chi connectivity index (χ4v) is 3.52. The molecule has 0 aliphatic rings. The van der Waals surface area contributed by atoms with Gasteiger partial charge in [-0.1, -0.05) is 6.92 Å². The maximum atomic E-state index is 4.79. The molecule has 0 bridgehead atoms. The summed E-state index contributed by atoms with van der Waals surface area (Å²) in [6.45, 7) is 10.4. The summed E-state index contributed by atoms with van der Waals surface area (Å²) in [6, 6.07) is 0. The maximum absolute atomic E-state index is 4.79. The van der Waals surface area contributed by atoms with Crippen LogP contribution < -0.4 is 10.2 Å². The number of nitrogens with zero attached hydrogens (tertiary/aromatic N) is 3. The van der Waals surface area contributed by atoms with Gasteiger partial charge in [0, 0.05) is 29.4 Å². The summed E-state index contributed by atoms with van der Waals surface area (Å²) in [5, 5.41) is 6.72. The molecule has 0 unspecified atom stereocenters. The number of hydrogen-bond acceptors (Lipinski definition) is 6. The van der Waals surface area contributed by atoms with Gasteiger partial charge in [0.15, 0.2) is 5.13 Å². The Morgan fingerprint density at radius 1 is 1.33 bits per heavy atom. The van der Waals surface area contributed by atoms with E-state index in [1.165, 1.54) is 10.6 Å². The zero-order chi connectivity index (χ0) is 15.5. The largest absolute Gasteiger partial charge is 0.345 e. The predicted molar refractivity (Wildman–Crippen MR) is 92.3 cm³/mol. The van der Waals surface area contributed by atoms with Crippen LogP contribution >= 0.6 is 22.7 Å². The molecule has 2 heterocycles. The Hall–Kier alpha value is -0.980. The van der Waals surface area contributed by atoms with Crippen LogP contribution in [-0.4, -0.2) is 22.6 Å². The SMILES string of the molecule is CCc1nc(N(C)Cc2cscn2)sc1CNC(C)(C)C. The second-order valence-electron chi connectivity index (χ2n) is 6.16. The Bertz CT molecular complexity index is 555. The van der Waals surface area contributed by atoms with Crippen LogP contribution in [0.15, 0.2) is 10.9 Å². The number of aryl methyl sites for hydroxylation is 1. The van der Waals surface area contributed by atoms with Crippen LogP contribution in [0, 0.1) is 0 Å². The molecule has 0 radical (unpaired) electrons. The molecule has 6 heteroatoms. The summed E-state index contributed by atoms with van der Waals surface area (Å²) in [6.07, 6.45) is 0.974. The number of aromatic nitrogens is 2. The van der Waals surface area contributed by atoms with Crippen LogP contribution in [0.3, 0.4) is 0 Å². The Morgan fingerprint density at radius 3 is 2.67 bits per heavy atom. The molecule has 2 aromatic rings. The highest BCUT2D eigenvalue weighted by atomic mass is 32.1. The smallest absolute Gasteiger partial charge is 0.185 e. The summed E-state index contributed by atoms with van der Waals surface area (Å²) < 4.78 is 0. The molecular formula is C15H24N4S2. The van der Waals surface area contributed by atoms with Crippen molar-refractivity contribution in [1.82, 2.24) is 15.3 Å². The third-order valence-electron chi connectivity index (χ3n) is 3.09. The van der Waals surface area contributed by atoms with Crippen molar-refractivity contribution in [2.45, 2.75) is 52.7 Å². The molecular weight excluding hydrogens is 300 g/mol. The van der Waals surface area contributed by atoms with Crippen LogP contribution in [0.2, 0.25) is 0 Å². The quantitative estimate of drug-likeness (QED) is 0.880. The van der Waals surface area contributed by atoms with E-state index in [1.807, 2.05) is 5.51 Å². The van der Waals surface area contributed by atoms with E-state index < -0.39 is 0 Å². The Morgan fingerprint density at radius 2 is 2.10 bits per heavy atom. The molecule has 116 valence electrons. The van der Waals surface area contributed by atoms with E-state index in [-0.39, 0.29) is 5.54 Å². The van der Waals surface area contributed by atoms with Gasteiger partial charge in [-0.3, -0.25) is 0 Å². The first-order chi connectivity index (χ1) is 9.89. The molecule has 0 amide bonds. The lowest BCUT2D eigenvalue weighted by Crippen LogP contribution is -2.35. The molecule has 0 fully saturated rings. The number of hydrogen-bond donors (Lipinski definition) is 1. The van der Waals surface area contributed by atoms with Crippen LogP contribution in [0.25, 0.3) is 0 Å². The number of rotatable bonds is 6. The third-order valence-corrected chi connectivity index (χ3v) is 4.94.